The largest absolute Gasteiger partial charge is 0.398 e. The van der Waals surface area contributed by atoms with Crippen LogP contribution in [0.2, 0.25) is 0 Å². The molecule has 0 fully saturated rings. The van der Waals surface area contributed by atoms with E-state index in [1.807, 2.05) is 0 Å². The molecule has 4 nitrogen and oxygen atoms in total. The Labute approximate surface area is 112 Å². The summed E-state index contributed by atoms with van der Waals surface area (Å²) in [5, 5.41) is 2.86. The molecule has 2 aromatic rings. The smallest absolute Gasteiger partial charge is 0.390 e. The second kappa shape index (κ2) is 5.36. The van der Waals surface area contributed by atoms with Gasteiger partial charge in [-0.05, 0) is 12.1 Å². The van der Waals surface area contributed by atoms with Crippen molar-refractivity contribution in [3.8, 4) is 0 Å². The van der Waals surface area contributed by atoms with Gasteiger partial charge in [-0.25, -0.2) is 4.98 Å². The molecule has 0 bridgehead atoms. The third-order valence-electron chi connectivity index (χ3n) is 2.67. The molecule has 106 valence electrons. The van der Waals surface area contributed by atoms with Crippen LogP contribution >= 0.6 is 0 Å². The SMILES string of the molecule is Nc1cc(C(=O)NCCC(F)(F)F)nc2ccccc12. The number of pyridine rings is 1. The predicted molar refractivity (Wildman–Crippen MR) is 69.2 cm³/mol. The number of hydrogen-bond acceptors (Lipinski definition) is 3. The number of halogens is 3. The highest BCUT2D eigenvalue weighted by Crippen LogP contribution is 2.20. The van der Waals surface area contributed by atoms with Crippen molar-refractivity contribution in [1.82, 2.24) is 10.3 Å². The monoisotopic (exact) mass is 283 g/mol. The molecule has 1 aromatic heterocycles. The number of carbonyl (C=O) groups is 1. The fourth-order valence-electron chi connectivity index (χ4n) is 1.73. The van der Waals surface area contributed by atoms with Crippen LogP contribution in [0.3, 0.4) is 0 Å². The number of hydrogen-bond donors (Lipinski definition) is 2. The topological polar surface area (TPSA) is 68.0 Å². The Hall–Kier alpha value is -2.31. The molecule has 7 heteroatoms. The van der Waals surface area contributed by atoms with Crippen LogP contribution in [0.1, 0.15) is 16.9 Å². The van der Waals surface area contributed by atoms with Crippen molar-refractivity contribution in [3.05, 3.63) is 36.0 Å². The summed E-state index contributed by atoms with van der Waals surface area (Å²) in [4.78, 5) is 15.8. The maximum atomic E-state index is 12.0. The Morgan fingerprint density at radius 2 is 2.00 bits per heavy atom. The maximum Gasteiger partial charge on any atom is 0.390 e. The molecular weight excluding hydrogens is 271 g/mol. The quantitative estimate of drug-likeness (QED) is 0.909. The highest BCUT2D eigenvalue weighted by Gasteiger charge is 2.26. The molecule has 0 radical (unpaired) electrons. The molecule has 0 atom stereocenters. The Morgan fingerprint density at radius 1 is 1.30 bits per heavy atom. The summed E-state index contributed by atoms with van der Waals surface area (Å²) < 4.78 is 36.0. The van der Waals surface area contributed by atoms with Gasteiger partial charge in [-0.15, -0.1) is 0 Å². The van der Waals surface area contributed by atoms with E-state index >= 15 is 0 Å². The third kappa shape index (κ3) is 3.37. The number of rotatable bonds is 3. The van der Waals surface area contributed by atoms with Crippen molar-refractivity contribution in [2.24, 2.45) is 0 Å². The summed E-state index contributed by atoms with van der Waals surface area (Å²) in [7, 11) is 0. The number of fused-ring (bicyclic) bond motifs is 1. The van der Waals surface area contributed by atoms with Gasteiger partial charge in [-0.1, -0.05) is 18.2 Å². The first kappa shape index (κ1) is 14.1. The molecule has 20 heavy (non-hydrogen) atoms. The van der Waals surface area contributed by atoms with Gasteiger partial charge in [0.05, 0.1) is 11.9 Å². The van der Waals surface area contributed by atoms with E-state index in [1.165, 1.54) is 6.07 Å². The van der Waals surface area contributed by atoms with Gasteiger partial charge in [0.1, 0.15) is 5.69 Å². The average molecular weight is 283 g/mol. The molecule has 1 aromatic carbocycles. The number of nitrogens with zero attached hydrogens (tertiary/aromatic N) is 1. The molecular formula is C13H12F3N3O. The summed E-state index contributed by atoms with van der Waals surface area (Å²) in [6, 6.07) is 8.30. The zero-order valence-electron chi connectivity index (χ0n) is 10.4. The maximum absolute atomic E-state index is 12.0. The van der Waals surface area contributed by atoms with Crippen LogP contribution in [0, 0.1) is 0 Å². The van der Waals surface area contributed by atoms with Crippen molar-refractivity contribution >= 4 is 22.5 Å². The Kier molecular flexibility index (Phi) is 3.78. The van der Waals surface area contributed by atoms with Crippen LogP contribution in [0.25, 0.3) is 10.9 Å². The van der Waals surface area contributed by atoms with Crippen LogP contribution in [-0.2, 0) is 0 Å². The van der Waals surface area contributed by atoms with Crippen molar-refractivity contribution in [2.45, 2.75) is 12.6 Å². The number of amides is 1. The Morgan fingerprint density at radius 3 is 2.70 bits per heavy atom. The molecule has 0 saturated carbocycles. The number of nitrogen functional groups attached to an aromatic ring is 1. The molecule has 1 amide bonds. The van der Waals surface area contributed by atoms with Crippen LogP contribution < -0.4 is 11.1 Å². The molecule has 0 spiro atoms. The standard InChI is InChI=1S/C13H12F3N3O/c14-13(15,16)5-6-18-12(20)11-7-9(17)8-3-1-2-4-10(8)19-11/h1-4,7H,5-6H2,(H2,17,19)(H,18,20). The summed E-state index contributed by atoms with van der Waals surface area (Å²) in [6.45, 7) is -0.489. The van der Waals surface area contributed by atoms with E-state index < -0.39 is 25.0 Å². The third-order valence-corrected chi connectivity index (χ3v) is 2.67. The van der Waals surface area contributed by atoms with Gasteiger partial charge in [0, 0.05) is 17.6 Å². The second-order valence-electron chi connectivity index (χ2n) is 4.23. The van der Waals surface area contributed by atoms with E-state index in [9.17, 15) is 18.0 Å². The van der Waals surface area contributed by atoms with E-state index in [-0.39, 0.29) is 5.69 Å². The summed E-state index contributed by atoms with van der Waals surface area (Å²) in [6.07, 6.45) is -5.38. The van der Waals surface area contributed by atoms with Gasteiger partial charge in [0.25, 0.3) is 5.91 Å². The predicted octanol–water partition coefficient (Wildman–Crippen LogP) is 2.50. The number of benzene rings is 1. The molecule has 0 unspecified atom stereocenters. The molecule has 0 aliphatic heterocycles. The van der Waals surface area contributed by atoms with Crippen LogP contribution in [0.5, 0.6) is 0 Å². The van der Waals surface area contributed by atoms with Crippen molar-refractivity contribution in [1.29, 1.82) is 0 Å². The lowest BCUT2D eigenvalue weighted by molar-refractivity contribution is -0.132. The highest BCUT2D eigenvalue weighted by molar-refractivity contribution is 5.99. The zero-order chi connectivity index (χ0) is 14.8. The van der Waals surface area contributed by atoms with E-state index in [4.69, 9.17) is 5.73 Å². The Balaban J connectivity index is 2.14. The van der Waals surface area contributed by atoms with Gasteiger partial charge < -0.3 is 11.1 Å². The number of carbonyl (C=O) groups excluding carboxylic acids is 1. The van der Waals surface area contributed by atoms with Crippen LogP contribution in [0.4, 0.5) is 18.9 Å². The first-order valence-corrected chi connectivity index (χ1v) is 5.87. The minimum absolute atomic E-state index is 0.00312. The number of nitrogens with two attached hydrogens (primary N) is 1. The minimum Gasteiger partial charge on any atom is -0.398 e. The molecule has 2 rings (SSSR count). The highest BCUT2D eigenvalue weighted by atomic mass is 19.4. The number of alkyl halides is 3. The molecule has 3 N–H and O–H groups in total. The lowest BCUT2D eigenvalue weighted by atomic mass is 10.1. The van der Waals surface area contributed by atoms with E-state index in [0.717, 1.165) is 0 Å². The normalized spacial score (nSPS) is 11.6. The van der Waals surface area contributed by atoms with E-state index in [2.05, 4.69) is 10.3 Å². The minimum atomic E-state index is -4.30. The van der Waals surface area contributed by atoms with Gasteiger partial charge >= 0.3 is 6.18 Å². The number of nitrogens with one attached hydrogen (secondary N) is 1. The summed E-state index contributed by atoms with van der Waals surface area (Å²) in [5.74, 6) is -0.674. The average Bonchev–Trinajstić information content (AvgIpc) is 2.37. The number of para-hydroxylation sites is 1. The first-order chi connectivity index (χ1) is 9.37. The fraction of sp³-hybridized carbons (Fsp3) is 0.231. The van der Waals surface area contributed by atoms with Gasteiger partial charge in [0.15, 0.2) is 0 Å². The summed E-state index contributed by atoms with van der Waals surface area (Å²) in [5.41, 5.74) is 6.68. The molecule has 0 saturated heterocycles. The van der Waals surface area contributed by atoms with Crippen LogP contribution in [-0.4, -0.2) is 23.6 Å². The van der Waals surface area contributed by atoms with Gasteiger partial charge in [-0.2, -0.15) is 13.2 Å². The molecule has 1 heterocycles. The zero-order valence-corrected chi connectivity index (χ0v) is 10.4. The second-order valence-corrected chi connectivity index (χ2v) is 4.23. The van der Waals surface area contributed by atoms with Crippen molar-refractivity contribution in [2.75, 3.05) is 12.3 Å². The molecule has 0 aliphatic carbocycles. The van der Waals surface area contributed by atoms with Crippen molar-refractivity contribution < 1.29 is 18.0 Å². The number of aromatic nitrogens is 1. The van der Waals surface area contributed by atoms with Gasteiger partial charge in [-0.3, -0.25) is 4.79 Å². The molecule has 0 aliphatic rings. The number of anilines is 1. The Bertz CT molecular complexity index is 640. The lowest BCUT2D eigenvalue weighted by Gasteiger charge is -2.09. The lowest BCUT2D eigenvalue weighted by Crippen LogP contribution is -2.28. The van der Waals surface area contributed by atoms with Crippen LogP contribution in [0.15, 0.2) is 30.3 Å². The summed E-state index contributed by atoms with van der Waals surface area (Å²) >= 11 is 0. The fourth-order valence-corrected chi connectivity index (χ4v) is 1.73. The first-order valence-electron chi connectivity index (χ1n) is 5.87. The van der Waals surface area contributed by atoms with Gasteiger partial charge in [0.2, 0.25) is 0 Å². The van der Waals surface area contributed by atoms with Crippen molar-refractivity contribution in [3.63, 3.8) is 0 Å². The van der Waals surface area contributed by atoms with E-state index in [0.29, 0.717) is 16.6 Å². The van der Waals surface area contributed by atoms with E-state index in [1.54, 1.807) is 24.3 Å².